The minimum absolute atomic E-state index is 0.227. The van der Waals surface area contributed by atoms with Crippen LogP contribution in [0, 0.1) is 0 Å². The Kier molecular flexibility index (Phi) is 3.65. The van der Waals surface area contributed by atoms with Gasteiger partial charge in [0.15, 0.2) is 0 Å². The van der Waals surface area contributed by atoms with Gasteiger partial charge in [0.25, 0.3) is 0 Å². The number of likely N-dealkylation sites (N-methyl/N-ethyl adjacent to an activating group) is 1. The topological polar surface area (TPSA) is 46.3 Å². The minimum atomic E-state index is -0.288. The Labute approximate surface area is 84.5 Å². The van der Waals surface area contributed by atoms with E-state index in [1.165, 1.54) is 5.56 Å². The minimum Gasteiger partial charge on any atom is -0.368 e. The van der Waals surface area contributed by atoms with E-state index in [2.05, 4.69) is 0 Å². The first-order valence-corrected chi connectivity index (χ1v) is 4.64. The Hall–Kier alpha value is -1.35. The van der Waals surface area contributed by atoms with Crippen molar-refractivity contribution in [3.05, 3.63) is 35.9 Å². The number of carbonyl (C=O) groups excluding carboxylic acids is 1. The number of primary amides is 1. The maximum Gasteiger partial charge on any atom is 0.234 e. The van der Waals surface area contributed by atoms with Crippen molar-refractivity contribution < 1.29 is 4.79 Å². The SMILES string of the molecule is C[C@@H](C(N)=O)N(C)Cc1ccccc1. The summed E-state index contributed by atoms with van der Waals surface area (Å²) < 4.78 is 0. The largest absolute Gasteiger partial charge is 0.368 e. The fourth-order valence-electron chi connectivity index (χ4n) is 1.23. The van der Waals surface area contributed by atoms with Gasteiger partial charge in [-0.2, -0.15) is 0 Å². The highest BCUT2D eigenvalue weighted by atomic mass is 16.1. The second-order valence-corrected chi connectivity index (χ2v) is 3.48. The second kappa shape index (κ2) is 4.77. The van der Waals surface area contributed by atoms with Crippen molar-refractivity contribution in [2.24, 2.45) is 5.73 Å². The molecule has 1 atom stereocenters. The van der Waals surface area contributed by atoms with Gasteiger partial charge in [0.1, 0.15) is 0 Å². The predicted octanol–water partition coefficient (Wildman–Crippen LogP) is 0.992. The number of amides is 1. The van der Waals surface area contributed by atoms with E-state index in [1.54, 1.807) is 0 Å². The van der Waals surface area contributed by atoms with E-state index in [0.717, 1.165) is 6.54 Å². The summed E-state index contributed by atoms with van der Waals surface area (Å²) in [5.74, 6) is -0.288. The van der Waals surface area contributed by atoms with E-state index in [0.29, 0.717) is 0 Å². The molecule has 14 heavy (non-hydrogen) atoms. The molecule has 0 fully saturated rings. The molecule has 76 valence electrons. The van der Waals surface area contributed by atoms with Gasteiger partial charge in [-0.15, -0.1) is 0 Å². The zero-order valence-corrected chi connectivity index (χ0v) is 8.60. The molecule has 3 nitrogen and oxygen atoms in total. The fraction of sp³-hybridized carbons (Fsp3) is 0.364. The monoisotopic (exact) mass is 192 g/mol. The van der Waals surface area contributed by atoms with Crippen molar-refractivity contribution in [3.8, 4) is 0 Å². The lowest BCUT2D eigenvalue weighted by atomic mass is 10.2. The van der Waals surface area contributed by atoms with Crippen molar-refractivity contribution in [2.45, 2.75) is 19.5 Å². The third kappa shape index (κ3) is 2.85. The van der Waals surface area contributed by atoms with Gasteiger partial charge in [-0.25, -0.2) is 0 Å². The molecule has 1 rings (SSSR count). The lowest BCUT2D eigenvalue weighted by molar-refractivity contribution is -0.122. The van der Waals surface area contributed by atoms with Crippen molar-refractivity contribution >= 4 is 5.91 Å². The number of rotatable bonds is 4. The van der Waals surface area contributed by atoms with Gasteiger partial charge in [0.05, 0.1) is 6.04 Å². The Morgan fingerprint density at radius 3 is 2.50 bits per heavy atom. The molecule has 0 heterocycles. The lowest BCUT2D eigenvalue weighted by Gasteiger charge is -2.21. The summed E-state index contributed by atoms with van der Waals surface area (Å²) in [6.07, 6.45) is 0. The normalized spacial score (nSPS) is 12.8. The Bertz CT molecular complexity index is 297. The molecule has 1 aromatic carbocycles. The van der Waals surface area contributed by atoms with Crippen LogP contribution in [0.5, 0.6) is 0 Å². The van der Waals surface area contributed by atoms with Crippen LogP contribution in [0.2, 0.25) is 0 Å². The highest BCUT2D eigenvalue weighted by Crippen LogP contribution is 2.05. The van der Waals surface area contributed by atoms with Crippen LogP contribution >= 0.6 is 0 Å². The Morgan fingerprint density at radius 1 is 1.43 bits per heavy atom. The van der Waals surface area contributed by atoms with Gasteiger partial charge >= 0.3 is 0 Å². The third-order valence-electron chi connectivity index (χ3n) is 2.35. The summed E-state index contributed by atoms with van der Waals surface area (Å²) in [4.78, 5) is 12.8. The summed E-state index contributed by atoms with van der Waals surface area (Å²) in [5.41, 5.74) is 6.39. The van der Waals surface area contributed by atoms with Crippen LogP contribution in [0.3, 0.4) is 0 Å². The molecule has 0 unspecified atom stereocenters. The van der Waals surface area contributed by atoms with Gasteiger partial charge in [-0.3, -0.25) is 9.69 Å². The number of nitrogens with two attached hydrogens (primary N) is 1. The van der Waals surface area contributed by atoms with Gasteiger partial charge in [-0.05, 0) is 19.5 Å². The smallest absolute Gasteiger partial charge is 0.234 e. The van der Waals surface area contributed by atoms with E-state index >= 15 is 0 Å². The molecule has 0 saturated carbocycles. The van der Waals surface area contributed by atoms with Gasteiger partial charge < -0.3 is 5.73 Å². The number of hydrogen-bond acceptors (Lipinski definition) is 2. The van der Waals surface area contributed by atoms with Gasteiger partial charge in [0, 0.05) is 6.54 Å². The molecular weight excluding hydrogens is 176 g/mol. The Morgan fingerprint density at radius 2 is 2.00 bits per heavy atom. The zero-order chi connectivity index (χ0) is 10.6. The molecule has 0 aliphatic carbocycles. The van der Waals surface area contributed by atoms with Gasteiger partial charge in [0.2, 0.25) is 5.91 Å². The molecule has 3 heteroatoms. The van der Waals surface area contributed by atoms with E-state index in [1.807, 2.05) is 49.2 Å². The number of carbonyl (C=O) groups is 1. The third-order valence-corrected chi connectivity index (χ3v) is 2.35. The van der Waals surface area contributed by atoms with Crippen LogP contribution in [-0.2, 0) is 11.3 Å². The average molecular weight is 192 g/mol. The first-order valence-electron chi connectivity index (χ1n) is 4.64. The maximum absolute atomic E-state index is 10.9. The highest BCUT2D eigenvalue weighted by Gasteiger charge is 2.14. The average Bonchev–Trinajstić information content (AvgIpc) is 2.18. The van der Waals surface area contributed by atoms with Crippen LogP contribution in [0.4, 0.5) is 0 Å². The number of benzene rings is 1. The summed E-state index contributed by atoms with van der Waals surface area (Å²) >= 11 is 0. The second-order valence-electron chi connectivity index (χ2n) is 3.48. The molecule has 0 aromatic heterocycles. The van der Waals surface area contributed by atoms with Crippen molar-refractivity contribution in [1.29, 1.82) is 0 Å². The molecule has 1 amide bonds. The summed E-state index contributed by atoms with van der Waals surface area (Å²) in [6, 6.07) is 9.78. The summed E-state index contributed by atoms with van der Waals surface area (Å²) in [7, 11) is 1.89. The molecule has 0 saturated heterocycles. The lowest BCUT2D eigenvalue weighted by Crippen LogP contribution is -2.39. The molecule has 0 radical (unpaired) electrons. The van der Waals surface area contributed by atoms with Crippen LogP contribution in [-0.4, -0.2) is 23.9 Å². The quantitative estimate of drug-likeness (QED) is 0.773. The first-order chi connectivity index (χ1) is 6.61. The van der Waals surface area contributed by atoms with Crippen LogP contribution in [0.25, 0.3) is 0 Å². The van der Waals surface area contributed by atoms with E-state index in [4.69, 9.17) is 5.73 Å². The maximum atomic E-state index is 10.9. The summed E-state index contributed by atoms with van der Waals surface area (Å²) in [6.45, 7) is 2.55. The molecule has 1 aromatic rings. The van der Waals surface area contributed by atoms with Crippen molar-refractivity contribution in [3.63, 3.8) is 0 Å². The number of nitrogens with zero attached hydrogens (tertiary/aromatic N) is 1. The van der Waals surface area contributed by atoms with E-state index in [9.17, 15) is 4.79 Å². The number of hydrogen-bond donors (Lipinski definition) is 1. The highest BCUT2D eigenvalue weighted by molar-refractivity contribution is 5.79. The van der Waals surface area contributed by atoms with E-state index < -0.39 is 0 Å². The Balaban J connectivity index is 2.57. The van der Waals surface area contributed by atoms with Crippen molar-refractivity contribution in [1.82, 2.24) is 4.90 Å². The molecular formula is C11H16N2O. The molecule has 0 spiro atoms. The summed E-state index contributed by atoms with van der Waals surface area (Å²) in [5, 5.41) is 0. The molecule has 0 aliphatic rings. The van der Waals surface area contributed by atoms with Crippen molar-refractivity contribution in [2.75, 3.05) is 7.05 Å². The van der Waals surface area contributed by atoms with Crippen LogP contribution < -0.4 is 5.73 Å². The van der Waals surface area contributed by atoms with E-state index in [-0.39, 0.29) is 11.9 Å². The molecule has 0 bridgehead atoms. The fourth-order valence-corrected chi connectivity index (χ4v) is 1.23. The standard InChI is InChI=1S/C11H16N2O/c1-9(11(12)14)13(2)8-10-6-4-3-5-7-10/h3-7,9H,8H2,1-2H3,(H2,12,14)/t9-/m0/s1. The molecule has 0 aliphatic heterocycles. The predicted molar refractivity (Wildman–Crippen MR) is 56.6 cm³/mol. The van der Waals surface area contributed by atoms with Gasteiger partial charge in [-0.1, -0.05) is 30.3 Å². The molecule has 2 N–H and O–H groups in total. The first kappa shape index (κ1) is 10.7. The zero-order valence-electron chi connectivity index (χ0n) is 8.60. The van der Waals surface area contributed by atoms with Crippen LogP contribution in [0.1, 0.15) is 12.5 Å². The van der Waals surface area contributed by atoms with Crippen LogP contribution in [0.15, 0.2) is 30.3 Å².